The molecule has 0 bridgehead atoms. The summed E-state index contributed by atoms with van der Waals surface area (Å²) < 4.78 is 4.94. The minimum absolute atomic E-state index is 0.00513. The minimum atomic E-state index is -0.785. The smallest absolute Gasteiger partial charge is 0.338 e. The molecule has 2 amide bonds. The zero-order chi connectivity index (χ0) is 20.8. The molecule has 156 valence electrons. The molecule has 1 saturated heterocycles. The molecule has 0 spiro atoms. The Morgan fingerprint density at radius 2 is 1.86 bits per heavy atom. The maximum absolute atomic E-state index is 12.6. The molecule has 2 aliphatic rings. The molecule has 0 unspecified atom stereocenters. The van der Waals surface area contributed by atoms with Gasteiger partial charge in [0.2, 0.25) is 17.8 Å². The Kier molecular flexibility index (Phi) is 6.82. The van der Waals surface area contributed by atoms with E-state index in [2.05, 4.69) is 27.4 Å². The number of carbonyl (C=O) groups is 3. The van der Waals surface area contributed by atoms with Crippen LogP contribution >= 0.6 is 0 Å². The first kappa shape index (κ1) is 20.8. The molecule has 2 aliphatic heterocycles. The van der Waals surface area contributed by atoms with E-state index >= 15 is 0 Å². The van der Waals surface area contributed by atoms with Gasteiger partial charge < -0.3 is 19.9 Å². The van der Waals surface area contributed by atoms with Crippen LogP contribution in [0.5, 0.6) is 0 Å². The van der Waals surface area contributed by atoms with Crippen LogP contribution < -0.4 is 10.6 Å². The van der Waals surface area contributed by atoms with Crippen LogP contribution in [-0.2, 0) is 14.3 Å². The number of amides is 2. The Bertz CT molecular complexity index is 785. The molecule has 0 radical (unpaired) electrons. The zero-order valence-electron chi connectivity index (χ0n) is 16.8. The third-order valence-corrected chi connectivity index (χ3v) is 4.99. The first-order chi connectivity index (χ1) is 14.0. The number of likely N-dealkylation sites (N-methyl/N-ethyl adjacent to an activating group) is 1. The molecule has 3 rings (SSSR count). The number of hydrogen-bond acceptors (Lipinski definition) is 7. The van der Waals surface area contributed by atoms with Crippen molar-refractivity contribution < 1.29 is 19.1 Å². The number of ether oxygens (including phenoxy) is 1. The predicted molar refractivity (Wildman–Crippen MR) is 109 cm³/mol. The van der Waals surface area contributed by atoms with Crippen molar-refractivity contribution in [3.05, 3.63) is 29.8 Å². The molecule has 1 fully saturated rings. The van der Waals surface area contributed by atoms with Gasteiger partial charge in [0.15, 0.2) is 0 Å². The number of anilines is 1. The summed E-state index contributed by atoms with van der Waals surface area (Å²) in [5.41, 5.74) is 0.941. The lowest BCUT2D eigenvalue weighted by molar-refractivity contribution is -0.125. The molecule has 1 aromatic carbocycles. The van der Waals surface area contributed by atoms with Crippen LogP contribution in [0.1, 0.15) is 30.6 Å². The van der Waals surface area contributed by atoms with Gasteiger partial charge in [0.05, 0.1) is 18.6 Å². The minimum Gasteiger partial charge on any atom is -0.462 e. The summed E-state index contributed by atoms with van der Waals surface area (Å²) in [5.74, 6) is -0.513. The highest BCUT2D eigenvalue weighted by Crippen LogP contribution is 2.14. The number of piperazine rings is 1. The van der Waals surface area contributed by atoms with Crippen LogP contribution in [-0.4, -0.2) is 78.9 Å². The van der Waals surface area contributed by atoms with E-state index < -0.39 is 12.0 Å². The molecular formula is C20H27N5O4. The summed E-state index contributed by atoms with van der Waals surface area (Å²) in [6.45, 7) is 8.47. The van der Waals surface area contributed by atoms with Crippen molar-refractivity contribution in [2.24, 2.45) is 4.99 Å². The Balaban J connectivity index is 1.63. The Morgan fingerprint density at radius 3 is 2.48 bits per heavy atom. The van der Waals surface area contributed by atoms with Gasteiger partial charge in [-0.2, -0.15) is 0 Å². The largest absolute Gasteiger partial charge is 0.462 e. The molecule has 1 atom stereocenters. The van der Waals surface area contributed by atoms with E-state index in [-0.39, 0.29) is 18.2 Å². The molecule has 0 aromatic heterocycles. The number of carbonyl (C=O) groups excluding carboxylic acids is 3. The molecule has 29 heavy (non-hydrogen) atoms. The first-order valence-electron chi connectivity index (χ1n) is 9.93. The van der Waals surface area contributed by atoms with E-state index in [0.29, 0.717) is 23.8 Å². The number of benzene rings is 1. The van der Waals surface area contributed by atoms with E-state index in [4.69, 9.17) is 4.74 Å². The fourth-order valence-electron chi connectivity index (χ4n) is 3.29. The third-order valence-electron chi connectivity index (χ3n) is 4.99. The number of guanidine groups is 1. The lowest BCUT2D eigenvalue weighted by Gasteiger charge is -2.37. The summed E-state index contributed by atoms with van der Waals surface area (Å²) >= 11 is 0. The van der Waals surface area contributed by atoms with E-state index in [1.807, 2.05) is 4.90 Å². The van der Waals surface area contributed by atoms with Crippen LogP contribution in [0.2, 0.25) is 0 Å². The van der Waals surface area contributed by atoms with E-state index in [0.717, 1.165) is 32.7 Å². The van der Waals surface area contributed by atoms with Gasteiger partial charge in [-0.05, 0) is 37.7 Å². The average molecular weight is 401 g/mol. The lowest BCUT2D eigenvalue weighted by Crippen LogP contribution is -2.56. The van der Waals surface area contributed by atoms with Gasteiger partial charge in [0, 0.05) is 31.9 Å². The highest BCUT2D eigenvalue weighted by Gasteiger charge is 2.30. The van der Waals surface area contributed by atoms with Crippen LogP contribution in [0.15, 0.2) is 29.3 Å². The average Bonchev–Trinajstić information content (AvgIpc) is 2.74. The van der Waals surface area contributed by atoms with Gasteiger partial charge in [0.25, 0.3) is 0 Å². The number of nitrogens with zero attached hydrogens (tertiary/aromatic N) is 3. The van der Waals surface area contributed by atoms with Crippen LogP contribution in [0, 0.1) is 0 Å². The van der Waals surface area contributed by atoms with Crippen molar-refractivity contribution in [3.63, 3.8) is 0 Å². The summed E-state index contributed by atoms with van der Waals surface area (Å²) in [4.78, 5) is 45.3. The highest BCUT2D eigenvalue weighted by atomic mass is 16.5. The summed E-state index contributed by atoms with van der Waals surface area (Å²) in [5, 5.41) is 5.55. The van der Waals surface area contributed by atoms with Gasteiger partial charge in [0.1, 0.15) is 6.04 Å². The van der Waals surface area contributed by atoms with E-state index in [1.54, 1.807) is 31.2 Å². The summed E-state index contributed by atoms with van der Waals surface area (Å²) in [6, 6.07) is 5.64. The second-order valence-electron chi connectivity index (χ2n) is 6.93. The molecule has 0 aliphatic carbocycles. The van der Waals surface area contributed by atoms with Crippen molar-refractivity contribution >= 4 is 29.4 Å². The van der Waals surface area contributed by atoms with Crippen molar-refractivity contribution in [1.82, 2.24) is 15.1 Å². The Labute approximate surface area is 170 Å². The van der Waals surface area contributed by atoms with Crippen LogP contribution in [0.25, 0.3) is 0 Å². The fraction of sp³-hybridized carbons (Fsp3) is 0.500. The number of hydrogen-bond donors (Lipinski definition) is 2. The maximum atomic E-state index is 12.6. The molecule has 1 aromatic rings. The van der Waals surface area contributed by atoms with Gasteiger partial charge in [-0.1, -0.05) is 6.92 Å². The van der Waals surface area contributed by atoms with Gasteiger partial charge in [-0.15, -0.1) is 0 Å². The number of nitrogens with one attached hydrogen (secondary N) is 2. The molecule has 9 nitrogen and oxygen atoms in total. The third kappa shape index (κ3) is 5.32. The highest BCUT2D eigenvalue weighted by molar-refractivity contribution is 6.06. The first-order valence-corrected chi connectivity index (χ1v) is 9.93. The summed E-state index contributed by atoms with van der Waals surface area (Å²) in [6.07, 6.45) is 0.00513. The number of aliphatic imine (C=N–C) groups is 1. The quantitative estimate of drug-likeness (QED) is 0.704. The van der Waals surface area contributed by atoms with Gasteiger partial charge >= 0.3 is 5.97 Å². The summed E-state index contributed by atoms with van der Waals surface area (Å²) in [7, 11) is 0. The molecule has 0 saturated carbocycles. The monoisotopic (exact) mass is 401 g/mol. The SMILES string of the molecule is CCOC(=O)c1ccc(NC(=O)[C@@H]2CC(=O)NC(N3CCN(CC)CC3)=N2)cc1. The topological polar surface area (TPSA) is 103 Å². The lowest BCUT2D eigenvalue weighted by atomic mass is 10.1. The standard InChI is InChI=1S/C20H27N5O4/c1-3-24-9-11-25(12-10-24)20-22-16(13-17(26)23-20)18(27)21-15-7-5-14(6-8-15)19(28)29-4-2/h5-8,16H,3-4,9-13H2,1-2H3,(H,21,27)(H,22,23,26)/t16-/m0/s1. The van der Waals surface area contributed by atoms with Crippen molar-refractivity contribution in [2.75, 3.05) is 44.6 Å². The number of rotatable bonds is 5. The fourth-order valence-corrected chi connectivity index (χ4v) is 3.29. The van der Waals surface area contributed by atoms with E-state index in [1.165, 1.54) is 0 Å². The zero-order valence-corrected chi connectivity index (χ0v) is 16.8. The number of esters is 1. The Morgan fingerprint density at radius 1 is 1.17 bits per heavy atom. The van der Waals surface area contributed by atoms with Crippen LogP contribution in [0.3, 0.4) is 0 Å². The molecule has 2 heterocycles. The normalized spacial score (nSPS) is 19.9. The van der Waals surface area contributed by atoms with Crippen LogP contribution in [0.4, 0.5) is 5.69 Å². The molecular weight excluding hydrogens is 374 g/mol. The maximum Gasteiger partial charge on any atom is 0.338 e. The second-order valence-corrected chi connectivity index (χ2v) is 6.93. The van der Waals surface area contributed by atoms with Gasteiger partial charge in [-0.3, -0.25) is 14.9 Å². The molecule has 2 N–H and O–H groups in total. The Hall–Kier alpha value is -2.94. The second kappa shape index (κ2) is 9.51. The van der Waals surface area contributed by atoms with Crippen molar-refractivity contribution in [1.29, 1.82) is 0 Å². The predicted octanol–water partition coefficient (Wildman–Crippen LogP) is 0.684. The van der Waals surface area contributed by atoms with Crippen molar-refractivity contribution in [3.8, 4) is 0 Å². The van der Waals surface area contributed by atoms with Gasteiger partial charge in [-0.25, -0.2) is 9.79 Å². The molecule has 9 heteroatoms. The van der Waals surface area contributed by atoms with E-state index in [9.17, 15) is 14.4 Å². The van der Waals surface area contributed by atoms with Crippen molar-refractivity contribution in [2.45, 2.75) is 26.3 Å².